The summed E-state index contributed by atoms with van der Waals surface area (Å²) in [6.07, 6.45) is 0. The highest BCUT2D eigenvalue weighted by atomic mass is 127. The summed E-state index contributed by atoms with van der Waals surface area (Å²) in [5.74, 6) is 3.18. The van der Waals surface area contributed by atoms with Gasteiger partial charge in [0.1, 0.15) is 5.75 Å². The van der Waals surface area contributed by atoms with E-state index >= 15 is 0 Å². The van der Waals surface area contributed by atoms with Crippen LogP contribution in [0, 0.1) is 0 Å². The number of nitrogens with zero attached hydrogens (tertiary/aromatic N) is 2. The lowest BCUT2D eigenvalue weighted by Crippen LogP contribution is -2.35. The van der Waals surface area contributed by atoms with Crippen molar-refractivity contribution in [1.29, 1.82) is 0 Å². The lowest BCUT2D eigenvalue weighted by Gasteiger charge is -2.15. The van der Waals surface area contributed by atoms with E-state index < -0.39 is 0 Å². The van der Waals surface area contributed by atoms with Gasteiger partial charge in [0, 0.05) is 20.1 Å². The van der Waals surface area contributed by atoms with Crippen LogP contribution in [-0.4, -0.2) is 38.1 Å². The fourth-order valence-corrected chi connectivity index (χ4v) is 2.41. The predicted molar refractivity (Wildman–Crippen MR) is 107 cm³/mol. The van der Waals surface area contributed by atoms with Gasteiger partial charge in [-0.25, -0.2) is 0 Å². The van der Waals surface area contributed by atoms with Crippen LogP contribution >= 0.6 is 24.0 Å². The maximum absolute atomic E-state index is 5.87. The van der Waals surface area contributed by atoms with Crippen molar-refractivity contribution < 1.29 is 9.47 Å². The van der Waals surface area contributed by atoms with Crippen LogP contribution in [0.1, 0.15) is 5.56 Å². The zero-order chi connectivity index (χ0) is 16.1. The van der Waals surface area contributed by atoms with Gasteiger partial charge in [0.2, 0.25) is 0 Å². The summed E-state index contributed by atoms with van der Waals surface area (Å²) in [6, 6.07) is 15.6. The van der Waals surface area contributed by atoms with Crippen molar-refractivity contribution in [2.24, 2.45) is 4.99 Å². The second-order valence-corrected chi connectivity index (χ2v) is 5.38. The van der Waals surface area contributed by atoms with Crippen LogP contribution in [0.3, 0.4) is 0 Å². The number of nitrogens with one attached hydrogen (secondary N) is 1. The maximum Gasteiger partial charge on any atom is 0.194 e. The number of methoxy groups -OCH3 is 1. The Hall–Kier alpha value is -1.96. The SMILES string of the molecule is COc1ccccc1Oc1ccc(CNC2=NCCN2C)cc1.I. The van der Waals surface area contributed by atoms with Gasteiger partial charge in [-0.05, 0) is 29.8 Å². The van der Waals surface area contributed by atoms with E-state index in [-0.39, 0.29) is 24.0 Å². The highest BCUT2D eigenvalue weighted by Crippen LogP contribution is 2.30. The Morgan fingerprint density at radius 2 is 1.79 bits per heavy atom. The maximum atomic E-state index is 5.87. The van der Waals surface area contributed by atoms with Gasteiger partial charge in [-0.2, -0.15) is 0 Å². The third-order valence-corrected chi connectivity index (χ3v) is 3.73. The molecule has 0 saturated heterocycles. The molecule has 3 rings (SSSR count). The van der Waals surface area contributed by atoms with Crippen LogP contribution in [0.25, 0.3) is 0 Å². The molecule has 1 heterocycles. The molecular formula is C18H22IN3O2. The first-order valence-electron chi connectivity index (χ1n) is 7.65. The zero-order valence-corrected chi connectivity index (χ0v) is 16.2. The summed E-state index contributed by atoms with van der Waals surface area (Å²) in [4.78, 5) is 6.54. The Kier molecular flexibility index (Phi) is 6.72. The lowest BCUT2D eigenvalue weighted by atomic mass is 10.2. The van der Waals surface area contributed by atoms with Crippen molar-refractivity contribution in [3.05, 3.63) is 54.1 Å². The average molecular weight is 439 g/mol. The van der Waals surface area contributed by atoms with E-state index in [0.29, 0.717) is 5.75 Å². The molecular weight excluding hydrogens is 417 g/mol. The molecule has 1 N–H and O–H groups in total. The number of benzene rings is 2. The first kappa shape index (κ1) is 18.4. The third kappa shape index (κ3) is 4.53. The first-order valence-corrected chi connectivity index (χ1v) is 7.65. The number of hydrogen-bond donors (Lipinski definition) is 1. The number of rotatable bonds is 5. The molecule has 24 heavy (non-hydrogen) atoms. The van der Waals surface area contributed by atoms with Crippen LogP contribution < -0.4 is 14.8 Å². The zero-order valence-electron chi connectivity index (χ0n) is 13.9. The molecule has 0 saturated carbocycles. The van der Waals surface area contributed by atoms with E-state index in [2.05, 4.69) is 15.2 Å². The number of ether oxygens (including phenoxy) is 2. The van der Waals surface area contributed by atoms with Gasteiger partial charge < -0.3 is 19.7 Å². The molecule has 0 amide bonds. The number of likely N-dealkylation sites (N-methyl/N-ethyl adjacent to an activating group) is 1. The van der Waals surface area contributed by atoms with Gasteiger partial charge in [0.15, 0.2) is 17.5 Å². The highest BCUT2D eigenvalue weighted by molar-refractivity contribution is 14.0. The van der Waals surface area contributed by atoms with E-state index in [1.54, 1.807) is 7.11 Å². The Bertz CT molecular complexity index is 689. The smallest absolute Gasteiger partial charge is 0.194 e. The molecule has 2 aromatic rings. The van der Waals surface area contributed by atoms with E-state index in [4.69, 9.17) is 9.47 Å². The molecule has 0 atom stereocenters. The van der Waals surface area contributed by atoms with Gasteiger partial charge in [-0.3, -0.25) is 4.99 Å². The van der Waals surface area contributed by atoms with Crippen molar-refractivity contribution in [1.82, 2.24) is 10.2 Å². The van der Waals surface area contributed by atoms with Crippen molar-refractivity contribution in [3.8, 4) is 17.2 Å². The largest absolute Gasteiger partial charge is 0.493 e. The van der Waals surface area contributed by atoms with E-state index in [9.17, 15) is 0 Å². The number of hydrogen-bond acceptors (Lipinski definition) is 5. The summed E-state index contributed by atoms with van der Waals surface area (Å²) in [5, 5.41) is 3.35. The Labute approximate surface area is 159 Å². The van der Waals surface area contributed by atoms with E-state index in [1.165, 1.54) is 5.56 Å². The van der Waals surface area contributed by atoms with E-state index in [0.717, 1.165) is 37.1 Å². The van der Waals surface area contributed by atoms with Crippen LogP contribution in [0.15, 0.2) is 53.5 Å². The fourth-order valence-electron chi connectivity index (χ4n) is 2.41. The quantitative estimate of drug-likeness (QED) is 0.725. The van der Waals surface area contributed by atoms with Gasteiger partial charge >= 0.3 is 0 Å². The topological polar surface area (TPSA) is 46.1 Å². The number of aliphatic imine (C=N–C) groups is 1. The average Bonchev–Trinajstić information content (AvgIpc) is 3.00. The summed E-state index contributed by atoms with van der Waals surface area (Å²) in [5.41, 5.74) is 1.18. The Morgan fingerprint density at radius 1 is 1.08 bits per heavy atom. The van der Waals surface area contributed by atoms with Crippen molar-refractivity contribution >= 4 is 29.9 Å². The number of halogens is 1. The number of para-hydroxylation sites is 2. The molecule has 0 radical (unpaired) electrons. The van der Waals surface area contributed by atoms with Crippen molar-refractivity contribution in [3.63, 3.8) is 0 Å². The second-order valence-electron chi connectivity index (χ2n) is 5.38. The highest BCUT2D eigenvalue weighted by Gasteiger charge is 2.11. The second kappa shape index (κ2) is 8.77. The summed E-state index contributed by atoms with van der Waals surface area (Å²) < 4.78 is 11.2. The Balaban J connectivity index is 0.00000208. The van der Waals surface area contributed by atoms with Gasteiger partial charge in [0.25, 0.3) is 0 Å². The van der Waals surface area contributed by atoms with Crippen LogP contribution in [0.2, 0.25) is 0 Å². The fraction of sp³-hybridized carbons (Fsp3) is 0.278. The third-order valence-electron chi connectivity index (χ3n) is 3.73. The molecule has 0 aliphatic carbocycles. The molecule has 0 bridgehead atoms. The van der Waals surface area contributed by atoms with Crippen molar-refractivity contribution in [2.45, 2.75) is 6.54 Å². The molecule has 6 heteroatoms. The normalized spacial score (nSPS) is 13.1. The van der Waals surface area contributed by atoms with Gasteiger partial charge in [-0.1, -0.05) is 24.3 Å². The van der Waals surface area contributed by atoms with Crippen LogP contribution in [0.5, 0.6) is 17.2 Å². The minimum absolute atomic E-state index is 0. The molecule has 0 fully saturated rings. The van der Waals surface area contributed by atoms with Crippen LogP contribution in [-0.2, 0) is 6.54 Å². The molecule has 0 unspecified atom stereocenters. The van der Waals surface area contributed by atoms with Gasteiger partial charge in [-0.15, -0.1) is 24.0 Å². The molecule has 1 aliphatic rings. The minimum atomic E-state index is 0. The monoisotopic (exact) mass is 439 g/mol. The minimum Gasteiger partial charge on any atom is -0.493 e. The molecule has 0 spiro atoms. The number of guanidine groups is 1. The first-order chi connectivity index (χ1) is 11.3. The molecule has 0 aromatic heterocycles. The van der Waals surface area contributed by atoms with Crippen LogP contribution in [0.4, 0.5) is 0 Å². The van der Waals surface area contributed by atoms with Crippen molar-refractivity contribution in [2.75, 3.05) is 27.2 Å². The van der Waals surface area contributed by atoms with E-state index in [1.807, 2.05) is 55.6 Å². The molecule has 1 aliphatic heterocycles. The predicted octanol–water partition coefficient (Wildman–Crippen LogP) is 3.50. The van der Waals surface area contributed by atoms with Gasteiger partial charge in [0.05, 0.1) is 13.7 Å². The summed E-state index contributed by atoms with van der Waals surface area (Å²) in [7, 11) is 3.68. The Morgan fingerprint density at radius 3 is 2.42 bits per heavy atom. The molecule has 5 nitrogen and oxygen atoms in total. The molecule has 2 aromatic carbocycles. The standard InChI is InChI=1S/C18H21N3O2.HI/c1-21-12-11-19-18(21)20-13-14-7-9-15(10-8-14)23-17-6-4-3-5-16(17)22-2;/h3-10H,11-13H2,1-2H3,(H,19,20);1H. The summed E-state index contributed by atoms with van der Waals surface area (Å²) in [6.45, 7) is 2.59. The summed E-state index contributed by atoms with van der Waals surface area (Å²) >= 11 is 0. The molecule has 128 valence electrons. The lowest BCUT2D eigenvalue weighted by molar-refractivity contribution is 0.379.